The van der Waals surface area contributed by atoms with Crippen molar-refractivity contribution in [2.45, 2.75) is 32.1 Å². The third-order valence-corrected chi connectivity index (χ3v) is 3.27. The third-order valence-electron chi connectivity index (χ3n) is 1.82. The van der Waals surface area contributed by atoms with E-state index in [1.807, 2.05) is 6.92 Å². The summed E-state index contributed by atoms with van der Waals surface area (Å²) in [5, 5.41) is -0.572. The molecule has 13 heavy (non-hydrogen) atoms. The Morgan fingerprint density at radius 2 is 2.23 bits per heavy atom. The number of ketones is 1. The molecule has 74 valence electrons. The van der Waals surface area contributed by atoms with E-state index in [1.54, 1.807) is 13.8 Å². The van der Waals surface area contributed by atoms with Crippen LogP contribution in [0, 0.1) is 5.92 Å². The van der Waals surface area contributed by atoms with Gasteiger partial charge >= 0.3 is 5.97 Å². The normalized spacial score (nSPS) is 28.2. The van der Waals surface area contributed by atoms with Crippen LogP contribution in [0.15, 0.2) is 0 Å². The first kappa shape index (κ1) is 10.6. The summed E-state index contributed by atoms with van der Waals surface area (Å²) in [6.45, 7) is 5.41. The molecule has 0 radical (unpaired) electrons. The maximum Gasteiger partial charge on any atom is 0.326 e. The summed E-state index contributed by atoms with van der Waals surface area (Å²) in [5.41, 5.74) is 0. The highest BCUT2D eigenvalue weighted by molar-refractivity contribution is 8.01. The van der Waals surface area contributed by atoms with E-state index in [-0.39, 0.29) is 23.8 Å². The zero-order valence-electron chi connectivity index (χ0n) is 8.07. The molecule has 2 atom stereocenters. The number of thioether (sulfide) groups is 1. The Balaban J connectivity index is 2.53. The lowest BCUT2D eigenvalue weighted by Gasteiger charge is -2.11. The molecule has 3 nitrogen and oxygen atoms in total. The van der Waals surface area contributed by atoms with E-state index in [9.17, 15) is 9.59 Å². The van der Waals surface area contributed by atoms with Gasteiger partial charge in [0.1, 0.15) is 0 Å². The predicted octanol–water partition coefficient (Wildman–Crippen LogP) is 1.26. The summed E-state index contributed by atoms with van der Waals surface area (Å²) in [6, 6.07) is 0. The van der Waals surface area contributed by atoms with Crippen LogP contribution in [0.4, 0.5) is 0 Å². The molecule has 1 fully saturated rings. The average Bonchev–Trinajstić information content (AvgIpc) is 2.31. The maximum absolute atomic E-state index is 11.4. The van der Waals surface area contributed by atoms with Crippen LogP contribution in [0.2, 0.25) is 0 Å². The first-order chi connectivity index (χ1) is 6.02. The molecular formula is C9H14O3S. The third kappa shape index (κ3) is 2.46. The second kappa shape index (κ2) is 4.13. The van der Waals surface area contributed by atoms with Crippen LogP contribution in [0.3, 0.4) is 0 Å². The highest BCUT2D eigenvalue weighted by atomic mass is 32.2. The molecule has 0 aromatic carbocycles. The number of esters is 1. The maximum atomic E-state index is 11.4. The monoisotopic (exact) mass is 202 g/mol. The number of hydrogen-bond acceptors (Lipinski definition) is 4. The molecule has 0 bridgehead atoms. The molecule has 1 aliphatic rings. The number of carbonyl (C=O) groups is 2. The van der Waals surface area contributed by atoms with Crippen LogP contribution in [-0.2, 0) is 14.3 Å². The van der Waals surface area contributed by atoms with Crippen molar-refractivity contribution >= 4 is 23.5 Å². The Hall–Kier alpha value is -0.510. The predicted molar refractivity (Wildman–Crippen MR) is 51.6 cm³/mol. The molecule has 0 saturated carbocycles. The quantitative estimate of drug-likeness (QED) is 0.499. The molecular weight excluding hydrogens is 188 g/mol. The Morgan fingerprint density at radius 1 is 1.62 bits per heavy atom. The molecule has 0 aromatic heterocycles. The molecule has 0 spiro atoms. The van der Waals surface area contributed by atoms with Gasteiger partial charge in [0, 0.05) is 11.7 Å². The van der Waals surface area contributed by atoms with Gasteiger partial charge in [-0.3, -0.25) is 9.59 Å². The lowest BCUT2D eigenvalue weighted by atomic mass is 10.1. The molecule has 0 aromatic rings. The summed E-state index contributed by atoms with van der Waals surface area (Å²) in [6.07, 6.45) is -0.142. The summed E-state index contributed by atoms with van der Waals surface area (Å²) in [7, 11) is 0. The van der Waals surface area contributed by atoms with Crippen LogP contribution >= 0.6 is 11.8 Å². The fourth-order valence-corrected chi connectivity index (χ4v) is 2.38. The number of rotatable bonds is 2. The number of carbonyl (C=O) groups excluding carboxylic acids is 2. The first-order valence-electron chi connectivity index (χ1n) is 4.38. The average molecular weight is 202 g/mol. The van der Waals surface area contributed by atoms with Gasteiger partial charge in [-0.1, -0.05) is 6.92 Å². The van der Waals surface area contributed by atoms with Crippen molar-refractivity contribution in [2.24, 2.45) is 5.92 Å². The Morgan fingerprint density at radius 3 is 2.62 bits per heavy atom. The standard InChI is InChI=1S/C9H14O3S/c1-5(2)12-9(11)8-7(10)6(3)4-13-8/h5-6,8H,4H2,1-3H3. The molecule has 0 aliphatic carbocycles. The molecule has 4 heteroatoms. The highest BCUT2D eigenvalue weighted by Gasteiger charge is 2.38. The van der Waals surface area contributed by atoms with E-state index in [4.69, 9.17) is 4.74 Å². The van der Waals surface area contributed by atoms with Crippen molar-refractivity contribution in [3.05, 3.63) is 0 Å². The van der Waals surface area contributed by atoms with Gasteiger partial charge < -0.3 is 4.74 Å². The van der Waals surface area contributed by atoms with Gasteiger partial charge in [-0.15, -0.1) is 11.8 Å². The van der Waals surface area contributed by atoms with Crippen LogP contribution in [0.1, 0.15) is 20.8 Å². The molecule has 1 aliphatic heterocycles. The summed E-state index contributed by atoms with van der Waals surface area (Å²) < 4.78 is 4.97. The molecule has 0 N–H and O–H groups in total. The second-order valence-corrected chi connectivity index (χ2v) is 4.64. The van der Waals surface area contributed by atoms with E-state index in [2.05, 4.69) is 0 Å². The molecule has 1 saturated heterocycles. The van der Waals surface area contributed by atoms with Gasteiger partial charge in [0.05, 0.1) is 6.10 Å². The zero-order chi connectivity index (χ0) is 10.0. The van der Waals surface area contributed by atoms with Crippen molar-refractivity contribution < 1.29 is 14.3 Å². The van der Waals surface area contributed by atoms with Crippen molar-refractivity contribution in [2.75, 3.05) is 5.75 Å². The van der Waals surface area contributed by atoms with E-state index in [0.29, 0.717) is 0 Å². The van der Waals surface area contributed by atoms with Crippen LogP contribution in [0.25, 0.3) is 0 Å². The van der Waals surface area contributed by atoms with Crippen molar-refractivity contribution in [3.8, 4) is 0 Å². The van der Waals surface area contributed by atoms with Gasteiger partial charge in [-0.25, -0.2) is 0 Å². The van der Waals surface area contributed by atoms with E-state index in [0.717, 1.165) is 5.75 Å². The molecule has 0 amide bonds. The summed E-state index contributed by atoms with van der Waals surface area (Å²) >= 11 is 1.38. The van der Waals surface area contributed by atoms with Gasteiger partial charge in [0.2, 0.25) is 0 Å². The fourth-order valence-electron chi connectivity index (χ4n) is 1.14. The van der Waals surface area contributed by atoms with Crippen LogP contribution < -0.4 is 0 Å². The van der Waals surface area contributed by atoms with E-state index >= 15 is 0 Å². The van der Waals surface area contributed by atoms with Gasteiger partial charge in [0.15, 0.2) is 11.0 Å². The summed E-state index contributed by atoms with van der Waals surface area (Å²) in [4.78, 5) is 22.8. The lowest BCUT2D eigenvalue weighted by Crippen LogP contribution is -2.29. The minimum atomic E-state index is -0.572. The minimum Gasteiger partial charge on any atom is -0.462 e. The summed E-state index contributed by atoms with van der Waals surface area (Å²) in [5.74, 6) is 0.358. The van der Waals surface area contributed by atoms with E-state index < -0.39 is 5.25 Å². The second-order valence-electron chi connectivity index (χ2n) is 3.50. The minimum absolute atomic E-state index is 0.00490. The van der Waals surface area contributed by atoms with Gasteiger partial charge in [-0.05, 0) is 13.8 Å². The van der Waals surface area contributed by atoms with Crippen molar-refractivity contribution in [3.63, 3.8) is 0 Å². The lowest BCUT2D eigenvalue weighted by molar-refractivity contribution is -0.148. The Labute approximate surface area is 82.2 Å². The van der Waals surface area contributed by atoms with Crippen molar-refractivity contribution in [1.29, 1.82) is 0 Å². The molecule has 2 unspecified atom stereocenters. The van der Waals surface area contributed by atoms with Crippen molar-refractivity contribution in [1.82, 2.24) is 0 Å². The number of hydrogen-bond donors (Lipinski definition) is 0. The zero-order valence-corrected chi connectivity index (χ0v) is 8.89. The first-order valence-corrected chi connectivity index (χ1v) is 5.43. The topological polar surface area (TPSA) is 43.4 Å². The fraction of sp³-hybridized carbons (Fsp3) is 0.778. The number of Topliss-reactive ketones (excluding diaryl/α,β-unsaturated/α-hetero) is 1. The van der Waals surface area contributed by atoms with E-state index in [1.165, 1.54) is 11.8 Å². The van der Waals surface area contributed by atoms with Gasteiger partial charge in [0.25, 0.3) is 0 Å². The van der Waals surface area contributed by atoms with Crippen LogP contribution in [0.5, 0.6) is 0 Å². The molecule has 1 rings (SSSR count). The Bertz CT molecular complexity index is 225. The SMILES string of the molecule is CC(C)OC(=O)C1SCC(C)C1=O. The smallest absolute Gasteiger partial charge is 0.326 e. The van der Waals surface area contributed by atoms with Gasteiger partial charge in [-0.2, -0.15) is 0 Å². The van der Waals surface area contributed by atoms with Crippen LogP contribution in [-0.4, -0.2) is 28.9 Å². The largest absolute Gasteiger partial charge is 0.462 e. The Kier molecular flexibility index (Phi) is 3.36. The number of ether oxygens (including phenoxy) is 1. The highest BCUT2D eigenvalue weighted by Crippen LogP contribution is 2.28. The molecule has 1 heterocycles.